The number of esters is 1. The smallest absolute Gasteiger partial charge is 0.354 e. The fourth-order valence-electron chi connectivity index (χ4n) is 3.42. The molecule has 6 nitrogen and oxygen atoms in total. The average molecular weight is 461 g/mol. The molecule has 0 N–H and O–H groups in total. The molecule has 0 unspecified atom stereocenters. The number of hydrogen-bond donors (Lipinski definition) is 0. The summed E-state index contributed by atoms with van der Waals surface area (Å²) < 4.78 is 7.27. The maximum atomic E-state index is 13.4. The van der Waals surface area contributed by atoms with E-state index >= 15 is 0 Å². The molecule has 1 aromatic carbocycles. The zero-order valence-corrected chi connectivity index (χ0v) is 18.9. The summed E-state index contributed by atoms with van der Waals surface area (Å²) in [5.41, 5.74) is 2.42. The molecule has 0 aliphatic rings. The highest BCUT2D eigenvalue weighted by Gasteiger charge is 2.32. The topological polar surface area (TPSA) is 68.6 Å². The number of nitrogens with zero attached hydrogens (tertiary/aromatic N) is 2. The van der Waals surface area contributed by atoms with E-state index in [9.17, 15) is 14.4 Å². The van der Waals surface area contributed by atoms with Crippen LogP contribution in [-0.4, -0.2) is 46.8 Å². The molecule has 1 heterocycles. The van der Waals surface area contributed by atoms with Crippen LogP contribution in [0.25, 0.3) is 0 Å². The summed E-state index contributed by atoms with van der Waals surface area (Å²) in [5.74, 6) is -1.02. The summed E-state index contributed by atoms with van der Waals surface area (Å²) in [6.07, 6.45) is 1.59. The Labute approximate surface area is 179 Å². The standard InChI is InChI=1S/C22H25BrN2O4/c1-7-11-25(21(27)16-9-8-10-17(23)12-16)15(4)20(26)18-13(2)19(22(28)29-6)24(5)14(18)3/h7-10,12,15H,1,11H2,2-6H3/t15-/m1/s1. The average Bonchev–Trinajstić information content (AvgIpc) is 2.92. The highest BCUT2D eigenvalue weighted by Crippen LogP contribution is 2.25. The van der Waals surface area contributed by atoms with Gasteiger partial charge in [-0.2, -0.15) is 0 Å². The molecule has 7 heteroatoms. The molecule has 1 aromatic heterocycles. The van der Waals surface area contributed by atoms with Crippen molar-refractivity contribution in [3.63, 3.8) is 0 Å². The van der Waals surface area contributed by atoms with Crippen molar-refractivity contribution in [1.29, 1.82) is 0 Å². The third kappa shape index (κ3) is 4.34. The molecule has 0 aliphatic heterocycles. The lowest BCUT2D eigenvalue weighted by Gasteiger charge is -2.27. The number of ether oxygens (including phenoxy) is 1. The van der Waals surface area contributed by atoms with Gasteiger partial charge in [0.1, 0.15) is 5.69 Å². The maximum Gasteiger partial charge on any atom is 0.354 e. The first-order valence-corrected chi connectivity index (χ1v) is 9.90. The second-order valence-corrected chi connectivity index (χ2v) is 7.70. The maximum absolute atomic E-state index is 13.4. The van der Waals surface area contributed by atoms with Crippen LogP contribution in [0.4, 0.5) is 0 Å². The largest absolute Gasteiger partial charge is 0.464 e. The molecule has 29 heavy (non-hydrogen) atoms. The van der Waals surface area contributed by atoms with E-state index < -0.39 is 12.0 Å². The summed E-state index contributed by atoms with van der Waals surface area (Å²) in [6, 6.07) is 6.27. The van der Waals surface area contributed by atoms with E-state index in [1.165, 1.54) is 12.0 Å². The van der Waals surface area contributed by atoms with Crippen LogP contribution in [0.2, 0.25) is 0 Å². The minimum Gasteiger partial charge on any atom is -0.464 e. The van der Waals surface area contributed by atoms with Crippen molar-refractivity contribution in [2.24, 2.45) is 7.05 Å². The summed E-state index contributed by atoms with van der Waals surface area (Å²) in [5, 5.41) is 0. The number of aromatic nitrogens is 1. The van der Waals surface area contributed by atoms with Crippen molar-refractivity contribution in [1.82, 2.24) is 9.47 Å². The zero-order chi connectivity index (χ0) is 21.9. The minimum absolute atomic E-state index is 0.215. The van der Waals surface area contributed by atoms with Crippen LogP contribution < -0.4 is 0 Å². The van der Waals surface area contributed by atoms with Gasteiger partial charge in [-0.3, -0.25) is 9.59 Å². The molecular formula is C22H25BrN2O4. The van der Waals surface area contributed by atoms with E-state index in [0.717, 1.165) is 4.47 Å². The number of benzene rings is 1. The third-order valence-electron chi connectivity index (χ3n) is 5.06. The molecule has 0 bridgehead atoms. The molecule has 2 aromatic rings. The summed E-state index contributed by atoms with van der Waals surface area (Å²) in [6.45, 7) is 9.10. The Morgan fingerprint density at radius 2 is 1.97 bits per heavy atom. The molecule has 154 valence electrons. The highest BCUT2D eigenvalue weighted by atomic mass is 79.9. The molecule has 0 aliphatic carbocycles. The molecule has 1 atom stereocenters. The highest BCUT2D eigenvalue weighted by molar-refractivity contribution is 9.10. The Balaban J connectivity index is 2.47. The van der Waals surface area contributed by atoms with E-state index in [2.05, 4.69) is 22.5 Å². The van der Waals surface area contributed by atoms with Gasteiger partial charge in [-0.25, -0.2) is 4.79 Å². The van der Waals surface area contributed by atoms with Crippen LogP contribution in [-0.2, 0) is 11.8 Å². The van der Waals surface area contributed by atoms with Crippen LogP contribution in [0.15, 0.2) is 41.4 Å². The number of ketones is 1. The Bertz CT molecular complexity index is 977. The van der Waals surface area contributed by atoms with E-state index in [0.29, 0.717) is 28.1 Å². The van der Waals surface area contributed by atoms with E-state index in [4.69, 9.17) is 4.74 Å². The first-order valence-electron chi connectivity index (χ1n) is 9.11. The number of rotatable bonds is 7. The lowest BCUT2D eigenvalue weighted by atomic mass is 9.99. The number of amides is 1. The third-order valence-corrected chi connectivity index (χ3v) is 5.55. The van der Waals surface area contributed by atoms with Crippen molar-refractivity contribution in [3.8, 4) is 0 Å². The molecular weight excluding hydrogens is 436 g/mol. The van der Waals surface area contributed by atoms with E-state index in [1.807, 2.05) is 6.07 Å². The van der Waals surface area contributed by atoms with Crippen molar-refractivity contribution < 1.29 is 19.1 Å². The quantitative estimate of drug-likeness (QED) is 0.354. The second-order valence-electron chi connectivity index (χ2n) is 6.78. The predicted molar refractivity (Wildman–Crippen MR) is 115 cm³/mol. The van der Waals surface area contributed by atoms with Crippen LogP contribution in [0, 0.1) is 13.8 Å². The van der Waals surface area contributed by atoms with E-state index in [1.54, 1.807) is 56.7 Å². The Kier molecular flexibility index (Phi) is 7.19. The Morgan fingerprint density at radius 3 is 2.52 bits per heavy atom. The van der Waals surface area contributed by atoms with Crippen molar-refractivity contribution in [3.05, 3.63) is 69.5 Å². The van der Waals surface area contributed by atoms with Crippen LogP contribution >= 0.6 is 15.9 Å². The van der Waals surface area contributed by atoms with Crippen molar-refractivity contribution in [2.45, 2.75) is 26.8 Å². The van der Waals surface area contributed by atoms with Crippen molar-refractivity contribution >= 4 is 33.6 Å². The van der Waals surface area contributed by atoms with Gasteiger partial charge in [0, 0.05) is 34.9 Å². The molecule has 0 saturated heterocycles. The molecule has 2 rings (SSSR count). The van der Waals surface area contributed by atoms with Gasteiger partial charge in [0.25, 0.3) is 5.91 Å². The fourth-order valence-corrected chi connectivity index (χ4v) is 3.82. The second kappa shape index (κ2) is 9.22. The first-order chi connectivity index (χ1) is 13.6. The lowest BCUT2D eigenvalue weighted by molar-refractivity contribution is 0.0588. The van der Waals surface area contributed by atoms with Crippen LogP contribution in [0.5, 0.6) is 0 Å². The molecule has 0 saturated carbocycles. The van der Waals surface area contributed by atoms with Gasteiger partial charge in [0.05, 0.1) is 13.2 Å². The van der Waals surface area contributed by atoms with Crippen molar-refractivity contribution in [2.75, 3.05) is 13.7 Å². The van der Waals surface area contributed by atoms with Gasteiger partial charge in [-0.1, -0.05) is 28.1 Å². The first kappa shape index (κ1) is 22.6. The Hall–Kier alpha value is -2.67. The molecule has 0 spiro atoms. The predicted octanol–water partition coefficient (Wildman–Crippen LogP) is 4.09. The molecule has 0 radical (unpaired) electrons. The van der Waals surface area contributed by atoms with Gasteiger partial charge in [-0.05, 0) is 44.5 Å². The summed E-state index contributed by atoms with van der Waals surface area (Å²) in [7, 11) is 3.01. The SMILES string of the molecule is C=CCN(C(=O)c1cccc(Br)c1)[C@H](C)C(=O)c1c(C)c(C(=O)OC)n(C)c1C. The zero-order valence-electron chi connectivity index (χ0n) is 17.3. The molecule has 0 fully saturated rings. The molecule has 1 amide bonds. The Morgan fingerprint density at radius 1 is 1.31 bits per heavy atom. The number of hydrogen-bond acceptors (Lipinski definition) is 4. The van der Waals surface area contributed by atoms with Gasteiger partial charge in [0.15, 0.2) is 5.78 Å². The van der Waals surface area contributed by atoms with Crippen LogP contribution in [0.3, 0.4) is 0 Å². The number of Topliss-reactive ketones (excluding diaryl/α,β-unsaturated/α-hetero) is 1. The van der Waals surface area contributed by atoms with Gasteiger partial charge in [0.2, 0.25) is 0 Å². The minimum atomic E-state index is -0.746. The van der Waals surface area contributed by atoms with Gasteiger partial charge >= 0.3 is 5.97 Å². The van der Waals surface area contributed by atoms with Gasteiger partial charge in [-0.15, -0.1) is 6.58 Å². The fraction of sp³-hybridized carbons (Fsp3) is 0.318. The monoisotopic (exact) mass is 460 g/mol. The van der Waals surface area contributed by atoms with E-state index in [-0.39, 0.29) is 18.2 Å². The summed E-state index contributed by atoms with van der Waals surface area (Å²) >= 11 is 3.37. The number of carbonyl (C=O) groups excluding carboxylic acids is 3. The number of halogens is 1. The van der Waals surface area contributed by atoms with Crippen LogP contribution in [0.1, 0.15) is 49.4 Å². The summed E-state index contributed by atoms with van der Waals surface area (Å²) in [4.78, 5) is 40.1. The number of methoxy groups -OCH3 is 1. The normalized spacial score (nSPS) is 11.7. The van der Waals surface area contributed by atoms with Gasteiger partial charge < -0.3 is 14.2 Å². The lowest BCUT2D eigenvalue weighted by Crippen LogP contribution is -2.43. The number of carbonyl (C=O) groups is 3.